The molecule has 9 nitrogen and oxygen atoms in total. The lowest BCUT2D eigenvalue weighted by Crippen LogP contribution is -2.50. The minimum atomic E-state index is -0.0803. The normalized spacial score (nSPS) is 23.2. The van der Waals surface area contributed by atoms with Gasteiger partial charge in [-0.05, 0) is 69.8 Å². The van der Waals surface area contributed by atoms with Gasteiger partial charge in [-0.3, -0.25) is 14.5 Å². The van der Waals surface area contributed by atoms with Gasteiger partial charge in [-0.1, -0.05) is 6.07 Å². The van der Waals surface area contributed by atoms with E-state index in [0.717, 1.165) is 82.1 Å². The Morgan fingerprint density at radius 1 is 1.08 bits per heavy atom. The highest BCUT2D eigenvalue weighted by molar-refractivity contribution is 5.96. The Kier molecular flexibility index (Phi) is 8.44. The topological polar surface area (TPSA) is 96.0 Å². The van der Waals surface area contributed by atoms with E-state index in [4.69, 9.17) is 9.47 Å². The van der Waals surface area contributed by atoms with Crippen molar-refractivity contribution in [3.63, 3.8) is 0 Å². The molecule has 2 N–H and O–H groups in total. The molecule has 38 heavy (non-hydrogen) atoms. The molecule has 2 aromatic rings. The van der Waals surface area contributed by atoms with Gasteiger partial charge in [0.2, 0.25) is 0 Å². The van der Waals surface area contributed by atoms with Crippen LogP contribution in [0.2, 0.25) is 0 Å². The van der Waals surface area contributed by atoms with E-state index >= 15 is 0 Å². The maximum Gasteiger partial charge on any atom is 0.252 e. The summed E-state index contributed by atoms with van der Waals surface area (Å²) in [6, 6.07) is 10.2. The molecule has 0 spiro atoms. The lowest BCUT2D eigenvalue weighted by molar-refractivity contribution is 0.0374. The average molecular weight is 522 g/mol. The van der Waals surface area contributed by atoms with Gasteiger partial charge < -0.3 is 25.0 Å². The molecule has 204 valence electrons. The number of ether oxygens (including phenoxy) is 2. The number of methoxy groups -OCH3 is 1. The van der Waals surface area contributed by atoms with Gasteiger partial charge in [0.25, 0.3) is 11.8 Å². The van der Waals surface area contributed by atoms with Crippen LogP contribution in [-0.2, 0) is 4.74 Å². The Morgan fingerprint density at radius 3 is 2.53 bits per heavy atom. The molecule has 3 saturated heterocycles. The maximum atomic E-state index is 13.0. The fraction of sp³-hybridized carbons (Fsp3) is 0.552. The van der Waals surface area contributed by atoms with E-state index in [9.17, 15) is 9.59 Å². The van der Waals surface area contributed by atoms with Gasteiger partial charge in [-0.25, -0.2) is 4.98 Å². The highest BCUT2D eigenvalue weighted by atomic mass is 16.5. The summed E-state index contributed by atoms with van der Waals surface area (Å²) < 4.78 is 10.8. The number of pyridine rings is 1. The first-order valence-corrected chi connectivity index (χ1v) is 13.8. The van der Waals surface area contributed by atoms with Crippen LogP contribution in [-0.4, -0.2) is 86.3 Å². The van der Waals surface area contributed by atoms with Crippen LogP contribution >= 0.6 is 0 Å². The number of carbonyl (C=O) groups is 2. The quantitative estimate of drug-likeness (QED) is 0.490. The third-order valence-corrected chi connectivity index (χ3v) is 8.13. The van der Waals surface area contributed by atoms with Crippen molar-refractivity contribution in [1.82, 2.24) is 20.5 Å². The number of piperidine rings is 1. The lowest BCUT2D eigenvalue weighted by Gasteiger charge is -2.40. The summed E-state index contributed by atoms with van der Waals surface area (Å²) in [5.41, 5.74) is 2.11. The number of aromatic nitrogens is 1. The second-order valence-corrected chi connectivity index (χ2v) is 10.5. The zero-order chi connectivity index (χ0) is 26.5. The van der Waals surface area contributed by atoms with Crippen molar-refractivity contribution in [3.8, 4) is 5.75 Å². The molecule has 9 heteroatoms. The largest absolute Gasteiger partial charge is 0.496 e. The summed E-state index contributed by atoms with van der Waals surface area (Å²) >= 11 is 0. The zero-order valence-electron chi connectivity index (χ0n) is 22.4. The van der Waals surface area contributed by atoms with Gasteiger partial charge in [0, 0.05) is 55.1 Å². The van der Waals surface area contributed by atoms with Gasteiger partial charge in [-0.15, -0.1) is 0 Å². The van der Waals surface area contributed by atoms with Crippen LogP contribution in [0.3, 0.4) is 0 Å². The Labute approximate surface area is 224 Å². The van der Waals surface area contributed by atoms with E-state index in [2.05, 4.69) is 25.4 Å². The molecule has 3 fully saturated rings. The van der Waals surface area contributed by atoms with Crippen molar-refractivity contribution in [2.75, 3.05) is 51.4 Å². The molecule has 1 aromatic carbocycles. The Hall–Kier alpha value is -3.17. The van der Waals surface area contributed by atoms with Crippen molar-refractivity contribution < 1.29 is 19.1 Å². The summed E-state index contributed by atoms with van der Waals surface area (Å²) in [6.45, 7) is 7.06. The van der Waals surface area contributed by atoms with E-state index < -0.39 is 0 Å². The minimum Gasteiger partial charge on any atom is -0.496 e. The summed E-state index contributed by atoms with van der Waals surface area (Å²) in [7, 11) is 1.62. The van der Waals surface area contributed by atoms with Gasteiger partial charge in [0.15, 0.2) is 0 Å². The first-order chi connectivity index (χ1) is 18.5. The van der Waals surface area contributed by atoms with Crippen LogP contribution in [0.4, 0.5) is 5.82 Å². The van der Waals surface area contributed by atoms with Crippen molar-refractivity contribution in [1.29, 1.82) is 0 Å². The Bertz CT molecular complexity index is 1100. The van der Waals surface area contributed by atoms with Crippen LogP contribution in [0.1, 0.15) is 58.4 Å². The maximum absolute atomic E-state index is 13.0. The lowest BCUT2D eigenvalue weighted by atomic mass is 9.96. The number of rotatable bonds is 9. The predicted molar refractivity (Wildman–Crippen MR) is 146 cm³/mol. The predicted octanol–water partition coefficient (Wildman–Crippen LogP) is 2.78. The molecule has 2 bridgehead atoms. The summed E-state index contributed by atoms with van der Waals surface area (Å²) in [4.78, 5) is 35.1. The summed E-state index contributed by atoms with van der Waals surface area (Å²) in [5.74, 6) is 1.51. The van der Waals surface area contributed by atoms with Crippen LogP contribution in [0.15, 0.2) is 36.5 Å². The molecular weight excluding hydrogens is 482 g/mol. The Morgan fingerprint density at radius 2 is 1.84 bits per heavy atom. The number of fused-ring (bicyclic) bond motifs is 2. The number of morpholine rings is 1. The second-order valence-electron chi connectivity index (χ2n) is 10.5. The highest BCUT2D eigenvalue weighted by Crippen LogP contribution is 2.38. The van der Waals surface area contributed by atoms with E-state index in [1.54, 1.807) is 13.3 Å². The molecule has 3 aliphatic rings. The zero-order valence-corrected chi connectivity index (χ0v) is 22.4. The first kappa shape index (κ1) is 26.4. The van der Waals surface area contributed by atoms with E-state index in [-0.39, 0.29) is 17.9 Å². The van der Waals surface area contributed by atoms with Crippen LogP contribution in [0.5, 0.6) is 5.75 Å². The molecule has 5 rings (SSSR count). The number of nitrogens with zero attached hydrogens (tertiary/aromatic N) is 3. The standard InChI is InChI=1S/C29H39N5O4/c1-20-25(5-3-6-26(20)37-2)29(36)32-22-17-23-8-9-24(18-22)34(23)27-10-7-21(19-31-27)28(35)30-11-4-12-33-13-15-38-16-14-33/h3,5-7,10,19,22-24H,4,8-9,11-18H2,1-2H3,(H,30,35)(H,32,36). The molecule has 2 amide bonds. The third-order valence-electron chi connectivity index (χ3n) is 8.13. The number of hydrogen-bond donors (Lipinski definition) is 2. The number of hydrogen-bond acceptors (Lipinski definition) is 7. The SMILES string of the molecule is COc1cccc(C(=O)NC2CC3CCC(C2)N3c2ccc(C(=O)NCCCN3CCOCC3)cn2)c1C. The van der Waals surface area contributed by atoms with E-state index in [1.165, 1.54) is 0 Å². The average Bonchev–Trinajstić information content (AvgIpc) is 3.21. The van der Waals surface area contributed by atoms with Gasteiger partial charge >= 0.3 is 0 Å². The summed E-state index contributed by atoms with van der Waals surface area (Å²) in [5, 5.41) is 6.28. The second kappa shape index (κ2) is 12.1. The smallest absolute Gasteiger partial charge is 0.252 e. The monoisotopic (exact) mass is 521 g/mol. The molecule has 0 radical (unpaired) electrons. The number of anilines is 1. The van der Waals surface area contributed by atoms with E-state index in [0.29, 0.717) is 29.8 Å². The van der Waals surface area contributed by atoms with Gasteiger partial charge in [-0.2, -0.15) is 0 Å². The van der Waals surface area contributed by atoms with Gasteiger partial charge in [0.1, 0.15) is 11.6 Å². The molecule has 3 aliphatic heterocycles. The van der Waals surface area contributed by atoms with Crippen molar-refractivity contribution >= 4 is 17.6 Å². The molecule has 1 aromatic heterocycles. The Balaban J connectivity index is 1.12. The molecule has 4 heterocycles. The summed E-state index contributed by atoms with van der Waals surface area (Å²) in [6.07, 6.45) is 6.55. The minimum absolute atomic E-state index is 0.0438. The molecule has 0 aliphatic carbocycles. The number of nitrogens with one attached hydrogen (secondary N) is 2. The number of benzene rings is 1. The molecule has 0 saturated carbocycles. The number of carbonyl (C=O) groups excluding carboxylic acids is 2. The van der Waals surface area contributed by atoms with Gasteiger partial charge in [0.05, 0.1) is 25.9 Å². The molecular formula is C29H39N5O4. The van der Waals surface area contributed by atoms with Crippen molar-refractivity contribution in [3.05, 3.63) is 53.2 Å². The third kappa shape index (κ3) is 5.94. The fourth-order valence-electron chi connectivity index (χ4n) is 6.12. The van der Waals surface area contributed by atoms with Crippen molar-refractivity contribution in [2.45, 2.75) is 57.2 Å². The highest BCUT2D eigenvalue weighted by Gasteiger charge is 2.42. The molecule has 2 atom stereocenters. The van der Waals surface area contributed by atoms with Crippen LogP contribution in [0.25, 0.3) is 0 Å². The van der Waals surface area contributed by atoms with Crippen LogP contribution in [0, 0.1) is 6.92 Å². The fourth-order valence-corrected chi connectivity index (χ4v) is 6.12. The number of amides is 2. The molecule has 2 unspecified atom stereocenters. The first-order valence-electron chi connectivity index (χ1n) is 13.8. The van der Waals surface area contributed by atoms with E-state index in [1.807, 2.05) is 37.3 Å². The van der Waals surface area contributed by atoms with Crippen molar-refractivity contribution in [2.24, 2.45) is 0 Å². The van der Waals surface area contributed by atoms with Crippen LogP contribution < -0.4 is 20.3 Å².